The zero-order valence-corrected chi connectivity index (χ0v) is 9.98. The molecule has 1 saturated carbocycles. The van der Waals surface area contributed by atoms with E-state index in [0.717, 1.165) is 38.8 Å². The van der Waals surface area contributed by atoms with Crippen LogP contribution in [0.5, 0.6) is 0 Å². The van der Waals surface area contributed by atoms with Crippen LogP contribution in [0, 0.1) is 0 Å². The predicted octanol–water partition coefficient (Wildman–Crippen LogP) is 0.500. The smallest absolute Gasteiger partial charge is 0.217 e. The molecular formula is C12H22N2O2. The van der Waals surface area contributed by atoms with Gasteiger partial charge in [-0.15, -0.1) is 0 Å². The summed E-state index contributed by atoms with van der Waals surface area (Å²) in [4.78, 5) is 13.3. The molecule has 1 aliphatic heterocycles. The van der Waals surface area contributed by atoms with Gasteiger partial charge in [0, 0.05) is 32.1 Å². The van der Waals surface area contributed by atoms with Crippen molar-refractivity contribution in [3.8, 4) is 0 Å². The Balaban J connectivity index is 1.85. The molecule has 2 aliphatic rings. The van der Waals surface area contributed by atoms with Crippen LogP contribution in [0.2, 0.25) is 0 Å². The molecule has 16 heavy (non-hydrogen) atoms. The number of rotatable bonds is 2. The number of amides is 1. The minimum atomic E-state index is -0.162. The Morgan fingerprint density at radius 1 is 1.31 bits per heavy atom. The van der Waals surface area contributed by atoms with Crippen molar-refractivity contribution in [3.63, 3.8) is 0 Å². The van der Waals surface area contributed by atoms with Crippen LogP contribution in [0.1, 0.15) is 39.0 Å². The summed E-state index contributed by atoms with van der Waals surface area (Å²) in [7, 11) is 0. The monoisotopic (exact) mass is 226 g/mol. The molecule has 3 atom stereocenters. The second-order valence-electron chi connectivity index (χ2n) is 5.10. The third-order valence-electron chi connectivity index (χ3n) is 3.79. The molecule has 1 aliphatic carbocycles. The van der Waals surface area contributed by atoms with Crippen molar-refractivity contribution in [2.24, 2.45) is 0 Å². The first-order valence-corrected chi connectivity index (χ1v) is 6.36. The molecule has 1 saturated heterocycles. The number of nitrogens with one attached hydrogen (secondary N) is 1. The lowest BCUT2D eigenvalue weighted by molar-refractivity contribution is -0.119. The van der Waals surface area contributed by atoms with Crippen LogP contribution in [0.4, 0.5) is 0 Å². The number of carbonyl (C=O) groups is 1. The fraction of sp³-hybridized carbons (Fsp3) is 0.917. The third-order valence-corrected chi connectivity index (χ3v) is 3.79. The Labute approximate surface area is 97.0 Å². The number of aliphatic hydroxyl groups excluding tert-OH is 1. The Morgan fingerprint density at radius 2 is 2.06 bits per heavy atom. The molecule has 1 unspecified atom stereocenters. The lowest BCUT2D eigenvalue weighted by Gasteiger charge is -2.35. The number of hydrogen-bond donors (Lipinski definition) is 2. The molecule has 92 valence electrons. The van der Waals surface area contributed by atoms with Crippen LogP contribution in [-0.4, -0.2) is 47.2 Å². The van der Waals surface area contributed by atoms with Crippen molar-refractivity contribution in [3.05, 3.63) is 0 Å². The Kier molecular flexibility index (Phi) is 3.82. The van der Waals surface area contributed by atoms with Gasteiger partial charge in [0.1, 0.15) is 0 Å². The number of carbonyl (C=O) groups excluding carboxylic acids is 1. The largest absolute Gasteiger partial charge is 0.391 e. The first-order chi connectivity index (χ1) is 7.66. The lowest BCUT2D eigenvalue weighted by Crippen LogP contribution is -2.46. The van der Waals surface area contributed by atoms with E-state index in [1.165, 1.54) is 6.42 Å². The average molecular weight is 226 g/mol. The van der Waals surface area contributed by atoms with Crippen molar-refractivity contribution in [1.82, 2.24) is 10.2 Å². The van der Waals surface area contributed by atoms with Crippen molar-refractivity contribution >= 4 is 5.91 Å². The van der Waals surface area contributed by atoms with Gasteiger partial charge >= 0.3 is 0 Å². The quantitative estimate of drug-likeness (QED) is 0.721. The number of hydrogen-bond acceptors (Lipinski definition) is 3. The summed E-state index contributed by atoms with van der Waals surface area (Å²) in [6.45, 7) is 3.48. The van der Waals surface area contributed by atoms with Gasteiger partial charge in [-0.05, 0) is 19.3 Å². The highest BCUT2D eigenvalue weighted by Gasteiger charge is 2.33. The topological polar surface area (TPSA) is 52.6 Å². The second kappa shape index (κ2) is 5.15. The predicted molar refractivity (Wildman–Crippen MR) is 62.1 cm³/mol. The maximum absolute atomic E-state index is 11.0. The van der Waals surface area contributed by atoms with Gasteiger partial charge in [0.05, 0.1) is 6.10 Å². The van der Waals surface area contributed by atoms with Crippen LogP contribution in [-0.2, 0) is 4.79 Å². The molecule has 4 heteroatoms. The Morgan fingerprint density at radius 3 is 2.75 bits per heavy atom. The molecule has 0 aromatic heterocycles. The van der Waals surface area contributed by atoms with Crippen LogP contribution in [0.15, 0.2) is 0 Å². The van der Waals surface area contributed by atoms with E-state index in [4.69, 9.17) is 0 Å². The van der Waals surface area contributed by atoms with E-state index in [1.54, 1.807) is 6.92 Å². The maximum Gasteiger partial charge on any atom is 0.217 e. The standard InChI is InChI=1S/C12H22N2O2/c1-9(15)13-10-6-7-14(8-10)11-4-2-3-5-12(11)16/h10-12,16H,2-8H2,1H3,(H,13,15)/t10?,11-,12-/m0/s1. The SMILES string of the molecule is CC(=O)NC1CCN([C@H]2CCCC[C@@H]2O)C1. The molecule has 2 N–H and O–H groups in total. The van der Waals surface area contributed by atoms with Gasteiger partial charge in [-0.1, -0.05) is 12.8 Å². The summed E-state index contributed by atoms with van der Waals surface area (Å²) in [5.41, 5.74) is 0. The summed E-state index contributed by atoms with van der Waals surface area (Å²) < 4.78 is 0. The summed E-state index contributed by atoms with van der Waals surface area (Å²) in [6.07, 6.45) is 5.27. The molecule has 1 amide bonds. The first kappa shape index (κ1) is 11.9. The molecule has 0 aromatic carbocycles. The highest BCUT2D eigenvalue weighted by molar-refractivity contribution is 5.73. The number of aliphatic hydroxyl groups is 1. The zero-order chi connectivity index (χ0) is 11.5. The van der Waals surface area contributed by atoms with Crippen molar-refractivity contribution in [1.29, 1.82) is 0 Å². The van der Waals surface area contributed by atoms with Crippen LogP contribution in [0.25, 0.3) is 0 Å². The fourth-order valence-electron chi connectivity index (χ4n) is 3.01. The summed E-state index contributed by atoms with van der Waals surface area (Å²) in [5.74, 6) is 0.0519. The third kappa shape index (κ3) is 2.74. The molecule has 0 radical (unpaired) electrons. The molecule has 0 spiro atoms. The number of likely N-dealkylation sites (tertiary alicyclic amines) is 1. The Bertz CT molecular complexity index is 257. The maximum atomic E-state index is 11.0. The summed E-state index contributed by atoms with van der Waals surface area (Å²) >= 11 is 0. The first-order valence-electron chi connectivity index (χ1n) is 6.36. The van der Waals surface area contributed by atoms with Gasteiger partial charge in [0.25, 0.3) is 0 Å². The Hall–Kier alpha value is -0.610. The van der Waals surface area contributed by atoms with E-state index in [1.807, 2.05) is 0 Å². The molecule has 4 nitrogen and oxygen atoms in total. The van der Waals surface area contributed by atoms with Gasteiger partial charge in [-0.2, -0.15) is 0 Å². The fourth-order valence-corrected chi connectivity index (χ4v) is 3.01. The van der Waals surface area contributed by atoms with Crippen LogP contribution < -0.4 is 5.32 Å². The van der Waals surface area contributed by atoms with E-state index in [9.17, 15) is 9.90 Å². The van der Waals surface area contributed by atoms with Crippen molar-refractivity contribution in [2.45, 2.75) is 57.2 Å². The normalized spacial score (nSPS) is 36.2. The van der Waals surface area contributed by atoms with E-state index in [2.05, 4.69) is 10.2 Å². The minimum Gasteiger partial charge on any atom is -0.391 e. The van der Waals surface area contributed by atoms with E-state index < -0.39 is 0 Å². The second-order valence-corrected chi connectivity index (χ2v) is 5.10. The summed E-state index contributed by atoms with van der Waals surface area (Å²) in [6, 6.07) is 0.610. The van der Waals surface area contributed by atoms with E-state index >= 15 is 0 Å². The molecule has 2 rings (SSSR count). The van der Waals surface area contributed by atoms with Gasteiger partial charge in [0.15, 0.2) is 0 Å². The van der Waals surface area contributed by atoms with Crippen LogP contribution >= 0.6 is 0 Å². The average Bonchev–Trinajstić information content (AvgIpc) is 2.66. The molecular weight excluding hydrogens is 204 g/mol. The van der Waals surface area contributed by atoms with Crippen LogP contribution in [0.3, 0.4) is 0 Å². The highest BCUT2D eigenvalue weighted by atomic mass is 16.3. The van der Waals surface area contributed by atoms with Gasteiger partial charge in [0.2, 0.25) is 5.91 Å². The van der Waals surface area contributed by atoms with Crippen molar-refractivity contribution in [2.75, 3.05) is 13.1 Å². The number of nitrogens with zero attached hydrogens (tertiary/aromatic N) is 1. The summed E-state index contributed by atoms with van der Waals surface area (Å²) in [5, 5.41) is 12.9. The highest BCUT2D eigenvalue weighted by Crippen LogP contribution is 2.26. The van der Waals surface area contributed by atoms with Gasteiger partial charge < -0.3 is 10.4 Å². The minimum absolute atomic E-state index is 0.0519. The molecule has 0 aromatic rings. The van der Waals surface area contributed by atoms with E-state index in [-0.39, 0.29) is 18.1 Å². The molecule has 1 heterocycles. The molecule has 2 fully saturated rings. The molecule has 0 bridgehead atoms. The van der Waals surface area contributed by atoms with Gasteiger partial charge in [-0.25, -0.2) is 0 Å². The lowest BCUT2D eigenvalue weighted by atomic mass is 9.91. The van der Waals surface area contributed by atoms with E-state index in [0.29, 0.717) is 6.04 Å². The zero-order valence-electron chi connectivity index (χ0n) is 9.98. The van der Waals surface area contributed by atoms with Gasteiger partial charge in [-0.3, -0.25) is 9.69 Å². The van der Waals surface area contributed by atoms with Crippen molar-refractivity contribution < 1.29 is 9.90 Å².